The van der Waals surface area contributed by atoms with Gasteiger partial charge in [-0.1, -0.05) is 15.9 Å². The Morgan fingerprint density at radius 2 is 2.17 bits per heavy atom. The van der Waals surface area contributed by atoms with Crippen LogP contribution in [-0.2, 0) is 6.61 Å². The summed E-state index contributed by atoms with van der Waals surface area (Å²) in [5, 5.41) is 3.01. The molecular formula is C13H12BrFN2O. The quantitative estimate of drug-likeness (QED) is 0.937. The first kappa shape index (κ1) is 12.8. The molecule has 0 spiro atoms. The minimum absolute atomic E-state index is 0.217. The molecule has 3 nitrogen and oxygen atoms in total. The zero-order chi connectivity index (χ0) is 13.0. The zero-order valence-electron chi connectivity index (χ0n) is 9.78. The summed E-state index contributed by atoms with van der Waals surface area (Å²) in [6.07, 6.45) is 1.68. The first-order valence-corrected chi connectivity index (χ1v) is 6.19. The molecule has 2 rings (SSSR count). The molecule has 0 saturated heterocycles. The number of aromatic nitrogens is 1. The number of pyridine rings is 1. The molecule has 0 aliphatic carbocycles. The summed E-state index contributed by atoms with van der Waals surface area (Å²) >= 11 is 3.19. The van der Waals surface area contributed by atoms with Gasteiger partial charge in [-0.15, -0.1) is 0 Å². The van der Waals surface area contributed by atoms with Crippen LogP contribution in [0.5, 0.6) is 5.75 Å². The highest BCUT2D eigenvalue weighted by atomic mass is 79.9. The molecule has 0 radical (unpaired) electrons. The summed E-state index contributed by atoms with van der Waals surface area (Å²) in [4.78, 5) is 4.15. The molecule has 0 atom stereocenters. The highest BCUT2D eigenvalue weighted by molar-refractivity contribution is 9.10. The summed E-state index contributed by atoms with van der Waals surface area (Å²) in [6, 6.07) is 8.39. The van der Waals surface area contributed by atoms with Gasteiger partial charge in [0.05, 0.1) is 5.69 Å². The van der Waals surface area contributed by atoms with Gasteiger partial charge < -0.3 is 10.1 Å². The molecule has 2 aromatic rings. The van der Waals surface area contributed by atoms with Crippen LogP contribution in [0.4, 0.5) is 10.1 Å². The van der Waals surface area contributed by atoms with Crippen molar-refractivity contribution >= 4 is 21.6 Å². The number of rotatable bonds is 4. The van der Waals surface area contributed by atoms with E-state index in [-0.39, 0.29) is 12.4 Å². The normalized spacial score (nSPS) is 10.2. The molecule has 94 valence electrons. The average molecular weight is 311 g/mol. The Labute approximate surface area is 113 Å². The summed E-state index contributed by atoms with van der Waals surface area (Å²) in [7, 11) is 1.83. The van der Waals surface area contributed by atoms with Gasteiger partial charge in [0.25, 0.3) is 0 Å². The molecule has 0 saturated carbocycles. The van der Waals surface area contributed by atoms with Gasteiger partial charge in [0, 0.05) is 23.4 Å². The van der Waals surface area contributed by atoms with Crippen LogP contribution in [0.3, 0.4) is 0 Å². The predicted molar refractivity (Wildman–Crippen MR) is 72.2 cm³/mol. The van der Waals surface area contributed by atoms with E-state index < -0.39 is 5.82 Å². The van der Waals surface area contributed by atoms with Gasteiger partial charge in [0.1, 0.15) is 6.61 Å². The highest BCUT2D eigenvalue weighted by Crippen LogP contribution is 2.22. The van der Waals surface area contributed by atoms with Crippen LogP contribution in [0.2, 0.25) is 0 Å². The molecule has 0 amide bonds. The monoisotopic (exact) mass is 310 g/mol. The molecule has 1 aromatic carbocycles. The van der Waals surface area contributed by atoms with Crippen molar-refractivity contribution in [3.63, 3.8) is 0 Å². The lowest BCUT2D eigenvalue weighted by Crippen LogP contribution is -2.00. The largest absolute Gasteiger partial charge is 0.484 e. The lowest BCUT2D eigenvalue weighted by atomic mass is 10.3. The molecule has 1 heterocycles. The molecule has 0 unspecified atom stereocenters. The minimum Gasteiger partial charge on any atom is -0.484 e. The number of benzene rings is 1. The third-order valence-electron chi connectivity index (χ3n) is 2.37. The van der Waals surface area contributed by atoms with Gasteiger partial charge in [-0.05, 0) is 30.3 Å². The van der Waals surface area contributed by atoms with Gasteiger partial charge in [-0.2, -0.15) is 0 Å². The van der Waals surface area contributed by atoms with Crippen molar-refractivity contribution in [1.82, 2.24) is 4.98 Å². The number of hydrogen-bond acceptors (Lipinski definition) is 3. The van der Waals surface area contributed by atoms with Crippen molar-refractivity contribution in [3.8, 4) is 5.75 Å². The third-order valence-corrected chi connectivity index (χ3v) is 2.87. The fourth-order valence-corrected chi connectivity index (χ4v) is 1.79. The van der Waals surface area contributed by atoms with E-state index in [4.69, 9.17) is 4.74 Å². The number of hydrogen-bond donors (Lipinski definition) is 1. The first-order chi connectivity index (χ1) is 8.69. The van der Waals surface area contributed by atoms with Crippen molar-refractivity contribution in [1.29, 1.82) is 0 Å². The second-order valence-corrected chi connectivity index (χ2v) is 4.56. The van der Waals surface area contributed by atoms with Crippen molar-refractivity contribution in [2.24, 2.45) is 0 Å². The molecule has 1 N–H and O–H groups in total. The van der Waals surface area contributed by atoms with Crippen LogP contribution in [0.15, 0.2) is 41.0 Å². The summed E-state index contributed by atoms with van der Waals surface area (Å²) < 4.78 is 19.6. The number of nitrogens with one attached hydrogen (secondary N) is 1. The Morgan fingerprint density at radius 3 is 2.89 bits per heavy atom. The fraction of sp³-hybridized carbons (Fsp3) is 0.154. The van der Waals surface area contributed by atoms with E-state index in [9.17, 15) is 4.39 Å². The van der Waals surface area contributed by atoms with E-state index in [1.165, 1.54) is 6.07 Å². The van der Waals surface area contributed by atoms with Crippen LogP contribution in [-0.4, -0.2) is 12.0 Å². The van der Waals surface area contributed by atoms with Crippen molar-refractivity contribution in [3.05, 3.63) is 52.5 Å². The van der Waals surface area contributed by atoms with Crippen LogP contribution in [0.25, 0.3) is 0 Å². The van der Waals surface area contributed by atoms with E-state index in [2.05, 4.69) is 26.2 Å². The maximum absolute atomic E-state index is 13.5. The van der Waals surface area contributed by atoms with E-state index in [1.807, 2.05) is 19.2 Å². The van der Waals surface area contributed by atoms with Crippen molar-refractivity contribution in [2.45, 2.75) is 6.61 Å². The Morgan fingerprint density at radius 1 is 1.33 bits per heavy atom. The Kier molecular flexibility index (Phi) is 4.15. The van der Waals surface area contributed by atoms with E-state index in [0.717, 1.165) is 11.4 Å². The number of ether oxygens (including phenoxy) is 1. The molecule has 0 fully saturated rings. The fourth-order valence-electron chi connectivity index (χ4n) is 1.46. The van der Waals surface area contributed by atoms with Gasteiger partial charge >= 0.3 is 0 Å². The zero-order valence-corrected chi connectivity index (χ0v) is 11.4. The SMILES string of the molecule is CNc1ccnc(COc2ccc(Br)cc2F)c1. The molecule has 0 bridgehead atoms. The van der Waals surface area contributed by atoms with Crippen molar-refractivity contribution < 1.29 is 9.13 Å². The number of halogens is 2. The molecule has 0 aliphatic rings. The van der Waals surface area contributed by atoms with Crippen LogP contribution >= 0.6 is 15.9 Å². The Hall–Kier alpha value is -1.62. The summed E-state index contributed by atoms with van der Waals surface area (Å²) in [6.45, 7) is 0.230. The first-order valence-electron chi connectivity index (χ1n) is 5.39. The molecule has 18 heavy (non-hydrogen) atoms. The molecule has 5 heteroatoms. The summed E-state index contributed by atoms with van der Waals surface area (Å²) in [5.41, 5.74) is 1.68. The molecule has 0 aliphatic heterocycles. The number of anilines is 1. The van der Waals surface area contributed by atoms with Crippen molar-refractivity contribution in [2.75, 3.05) is 12.4 Å². The lowest BCUT2D eigenvalue weighted by Gasteiger charge is -2.08. The molecule has 1 aromatic heterocycles. The topological polar surface area (TPSA) is 34.2 Å². The average Bonchev–Trinajstić information content (AvgIpc) is 2.38. The molecular weight excluding hydrogens is 299 g/mol. The second-order valence-electron chi connectivity index (χ2n) is 3.65. The minimum atomic E-state index is -0.394. The van der Waals surface area contributed by atoms with Gasteiger partial charge in [0.2, 0.25) is 0 Å². The van der Waals surface area contributed by atoms with Crippen LogP contribution in [0, 0.1) is 5.82 Å². The Bertz CT molecular complexity index is 548. The standard InChI is InChI=1S/C13H12BrFN2O/c1-16-10-4-5-17-11(7-10)8-18-13-3-2-9(14)6-12(13)15/h2-7H,8H2,1H3,(H,16,17). The maximum Gasteiger partial charge on any atom is 0.166 e. The van der Waals surface area contributed by atoms with Gasteiger partial charge in [0.15, 0.2) is 11.6 Å². The van der Waals surface area contributed by atoms with Crippen LogP contribution < -0.4 is 10.1 Å². The predicted octanol–water partition coefficient (Wildman–Crippen LogP) is 3.60. The van der Waals surface area contributed by atoms with Gasteiger partial charge in [-0.3, -0.25) is 4.98 Å². The van der Waals surface area contributed by atoms with E-state index in [0.29, 0.717) is 4.47 Å². The summed E-state index contributed by atoms with van der Waals surface area (Å²) in [5.74, 6) is -0.177. The smallest absolute Gasteiger partial charge is 0.166 e. The second kappa shape index (κ2) is 5.82. The lowest BCUT2D eigenvalue weighted by molar-refractivity contribution is 0.286. The van der Waals surface area contributed by atoms with E-state index >= 15 is 0 Å². The van der Waals surface area contributed by atoms with E-state index in [1.54, 1.807) is 18.3 Å². The maximum atomic E-state index is 13.5. The number of nitrogens with zero attached hydrogens (tertiary/aromatic N) is 1. The van der Waals surface area contributed by atoms with Crippen LogP contribution in [0.1, 0.15) is 5.69 Å². The third kappa shape index (κ3) is 3.20. The van der Waals surface area contributed by atoms with Gasteiger partial charge in [-0.25, -0.2) is 4.39 Å². The Balaban J connectivity index is 2.06. The highest BCUT2D eigenvalue weighted by Gasteiger charge is 2.05.